The number of nitrogens with two attached hydrogens (primary N) is 1. The summed E-state index contributed by atoms with van der Waals surface area (Å²) >= 11 is 1.28. The number of aryl methyl sites for hydroxylation is 1. The smallest absolute Gasteiger partial charge is 0.266 e. The zero-order chi connectivity index (χ0) is 14.7. The van der Waals surface area contributed by atoms with Crippen LogP contribution < -0.4 is 5.73 Å². The van der Waals surface area contributed by atoms with Crippen molar-refractivity contribution in [2.24, 2.45) is 0 Å². The number of thiophene rings is 1. The number of hydrogen-bond acceptors (Lipinski definition) is 5. The molecule has 106 valence electrons. The van der Waals surface area contributed by atoms with Crippen molar-refractivity contribution in [3.05, 3.63) is 35.4 Å². The van der Waals surface area contributed by atoms with Gasteiger partial charge in [0.05, 0.1) is 12.3 Å². The molecule has 5 nitrogen and oxygen atoms in total. The highest BCUT2D eigenvalue weighted by Crippen LogP contribution is 2.33. The summed E-state index contributed by atoms with van der Waals surface area (Å²) in [5, 5.41) is 9.83. The Balaban J connectivity index is 2.43. The first-order chi connectivity index (χ1) is 9.58. The highest BCUT2D eigenvalue weighted by molar-refractivity contribution is 7.21. The molecule has 2 heterocycles. The maximum absolute atomic E-state index is 12.5. The largest absolute Gasteiger partial charge is 0.397 e. The minimum absolute atomic E-state index is 0.0955. The fraction of sp³-hybridized carbons (Fsp3) is 0.286. The number of aromatic nitrogens is 1. The predicted molar refractivity (Wildman–Crippen MR) is 82.0 cm³/mol. The van der Waals surface area contributed by atoms with Gasteiger partial charge in [-0.05, 0) is 19.1 Å². The first-order valence-corrected chi connectivity index (χ1v) is 7.06. The van der Waals surface area contributed by atoms with Crippen LogP contribution in [0.15, 0.2) is 24.8 Å². The molecule has 6 heteroatoms. The maximum Gasteiger partial charge on any atom is 0.266 e. The average Bonchev–Trinajstić information content (AvgIpc) is 2.74. The second kappa shape index (κ2) is 6.02. The Kier molecular flexibility index (Phi) is 4.36. The molecule has 1 amide bonds. The SMILES string of the molecule is C=CCN(CCO)C(=O)c1sc2nc(C)ccc2c1N. The van der Waals surface area contributed by atoms with Gasteiger partial charge in [0.15, 0.2) is 0 Å². The van der Waals surface area contributed by atoms with E-state index in [2.05, 4.69) is 11.6 Å². The zero-order valence-corrected chi connectivity index (χ0v) is 12.1. The van der Waals surface area contributed by atoms with Crippen LogP contribution in [0.5, 0.6) is 0 Å². The molecule has 0 saturated heterocycles. The van der Waals surface area contributed by atoms with Gasteiger partial charge in [-0.15, -0.1) is 17.9 Å². The van der Waals surface area contributed by atoms with Crippen molar-refractivity contribution >= 4 is 33.1 Å². The highest BCUT2D eigenvalue weighted by atomic mass is 32.1. The van der Waals surface area contributed by atoms with E-state index in [4.69, 9.17) is 10.8 Å². The van der Waals surface area contributed by atoms with Gasteiger partial charge in [-0.1, -0.05) is 6.08 Å². The molecule has 0 atom stereocenters. The lowest BCUT2D eigenvalue weighted by Gasteiger charge is -2.19. The molecular formula is C14H17N3O2S. The van der Waals surface area contributed by atoms with Crippen LogP contribution in [0.25, 0.3) is 10.2 Å². The van der Waals surface area contributed by atoms with E-state index in [0.29, 0.717) is 17.1 Å². The van der Waals surface area contributed by atoms with Crippen molar-refractivity contribution in [3.63, 3.8) is 0 Å². The standard InChI is InChI=1S/C14H17N3O2S/c1-3-6-17(7-8-18)14(19)12-11(15)10-5-4-9(2)16-13(10)20-12/h3-5,18H,1,6-8,15H2,2H3. The topological polar surface area (TPSA) is 79.5 Å². The van der Waals surface area contributed by atoms with E-state index in [1.807, 2.05) is 19.1 Å². The number of hydrogen-bond donors (Lipinski definition) is 2. The number of aliphatic hydroxyl groups excluding tert-OH is 1. The van der Waals surface area contributed by atoms with Gasteiger partial charge in [0.2, 0.25) is 0 Å². The van der Waals surface area contributed by atoms with Crippen LogP contribution in [-0.2, 0) is 0 Å². The number of pyridine rings is 1. The zero-order valence-electron chi connectivity index (χ0n) is 11.3. The van der Waals surface area contributed by atoms with Gasteiger partial charge < -0.3 is 15.7 Å². The number of nitrogen functional groups attached to an aromatic ring is 1. The predicted octanol–water partition coefficient (Wildman–Crippen LogP) is 1.81. The molecule has 2 rings (SSSR count). The summed E-state index contributed by atoms with van der Waals surface area (Å²) in [6, 6.07) is 3.75. The molecule has 0 fully saturated rings. The molecule has 0 aliphatic heterocycles. The number of aliphatic hydroxyl groups is 1. The minimum atomic E-state index is -0.197. The van der Waals surface area contributed by atoms with E-state index in [1.165, 1.54) is 16.2 Å². The number of anilines is 1. The van der Waals surface area contributed by atoms with E-state index in [9.17, 15) is 4.79 Å². The van der Waals surface area contributed by atoms with Gasteiger partial charge in [-0.2, -0.15) is 0 Å². The average molecular weight is 291 g/mol. The van der Waals surface area contributed by atoms with E-state index in [0.717, 1.165) is 15.9 Å². The van der Waals surface area contributed by atoms with Crippen molar-refractivity contribution < 1.29 is 9.90 Å². The van der Waals surface area contributed by atoms with Gasteiger partial charge >= 0.3 is 0 Å². The Morgan fingerprint density at radius 3 is 3.00 bits per heavy atom. The van der Waals surface area contributed by atoms with Crippen LogP contribution in [-0.4, -0.2) is 40.6 Å². The molecule has 0 aliphatic carbocycles. The Morgan fingerprint density at radius 1 is 1.60 bits per heavy atom. The molecule has 2 aromatic heterocycles. The quantitative estimate of drug-likeness (QED) is 0.823. The van der Waals surface area contributed by atoms with E-state index < -0.39 is 0 Å². The molecule has 20 heavy (non-hydrogen) atoms. The second-order valence-corrected chi connectivity index (χ2v) is 5.41. The number of carbonyl (C=O) groups is 1. The summed E-state index contributed by atoms with van der Waals surface area (Å²) < 4.78 is 0. The first-order valence-electron chi connectivity index (χ1n) is 6.25. The molecule has 0 aromatic carbocycles. The van der Waals surface area contributed by atoms with Crippen molar-refractivity contribution in [2.45, 2.75) is 6.92 Å². The summed E-state index contributed by atoms with van der Waals surface area (Å²) in [6.45, 7) is 6.05. The lowest BCUT2D eigenvalue weighted by molar-refractivity contribution is 0.0748. The van der Waals surface area contributed by atoms with Gasteiger partial charge in [0.1, 0.15) is 9.71 Å². The number of amides is 1. The third-order valence-electron chi connectivity index (χ3n) is 2.93. The minimum Gasteiger partial charge on any atom is -0.397 e. The molecule has 3 N–H and O–H groups in total. The molecule has 0 unspecified atom stereocenters. The van der Waals surface area contributed by atoms with Gasteiger partial charge in [0, 0.05) is 24.2 Å². The normalized spacial score (nSPS) is 10.7. The van der Waals surface area contributed by atoms with Crippen LogP contribution in [0.3, 0.4) is 0 Å². The lowest BCUT2D eigenvalue weighted by atomic mass is 10.2. The van der Waals surface area contributed by atoms with E-state index in [-0.39, 0.29) is 19.1 Å². The first kappa shape index (κ1) is 14.5. The number of fused-ring (bicyclic) bond motifs is 1. The van der Waals surface area contributed by atoms with E-state index in [1.54, 1.807) is 6.08 Å². The number of nitrogens with zero attached hydrogens (tertiary/aromatic N) is 2. The third kappa shape index (κ3) is 2.66. The molecule has 0 bridgehead atoms. The Bertz CT molecular complexity index is 651. The number of rotatable bonds is 5. The fourth-order valence-corrected chi connectivity index (χ4v) is 3.05. The summed E-state index contributed by atoms with van der Waals surface area (Å²) in [6.07, 6.45) is 1.62. The second-order valence-electron chi connectivity index (χ2n) is 4.41. The van der Waals surface area contributed by atoms with Crippen molar-refractivity contribution in [3.8, 4) is 0 Å². The summed E-state index contributed by atoms with van der Waals surface area (Å²) in [5.41, 5.74) is 7.39. The van der Waals surface area contributed by atoms with Gasteiger partial charge in [-0.25, -0.2) is 4.98 Å². The van der Waals surface area contributed by atoms with Crippen LogP contribution in [0.2, 0.25) is 0 Å². The van der Waals surface area contributed by atoms with Gasteiger partial charge in [0.25, 0.3) is 5.91 Å². The van der Waals surface area contributed by atoms with Crippen LogP contribution in [0, 0.1) is 6.92 Å². The Hall–Kier alpha value is -1.92. The molecule has 0 radical (unpaired) electrons. The van der Waals surface area contributed by atoms with Crippen molar-refractivity contribution in [1.82, 2.24) is 9.88 Å². The Labute approximate surface area is 121 Å². The lowest BCUT2D eigenvalue weighted by Crippen LogP contribution is -2.33. The molecule has 0 aliphatic rings. The van der Waals surface area contributed by atoms with Gasteiger partial charge in [-0.3, -0.25) is 4.79 Å². The van der Waals surface area contributed by atoms with Crippen molar-refractivity contribution in [2.75, 3.05) is 25.4 Å². The molecular weight excluding hydrogens is 274 g/mol. The fourth-order valence-electron chi connectivity index (χ4n) is 1.94. The molecule has 0 spiro atoms. The summed E-state index contributed by atoms with van der Waals surface area (Å²) in [7, 11) is 0. The molecule has 2 aromatic rings. The van der Waals surface area contributed by atoms with Crippen LogP contribution >= 0.6 is 11.3 Å². The summed E-state index contributed by atoms with van der Waals surface area (Å²) in [5.74, 6) is -0.197. The molecule has 0 saturated carbocycles. The van der Waals surface area contributed by atoms with Crippen LogP contribution in [0.4, 0.5) is 5.69 Å². The van der Waals surface area contributed by atoms with Crippen molar-refractivity contribution in [1.29, 1.82) is 0 Å². The third-order valence-corrected chi connectivity index (χ3v) is 4.04. The summed E-state index contributed by atoms with van der Waals surface area (Å²) in [4.78, 5) is 19.6. The highest BCUT2D eigenvalue weighted by Gasteiger charge is 2.21. The Morgan fingerprint density at radius 2 is 2.35 bits per heavy atom. The van der Waals surface area contributed by atoms with E-state index >= 15 is 0 Å². The van der Waals surface area contributed by atoms with Crippen LogP contribution in [0.1, 0.15) is 15.4 Å². The monoisotopic (exact) mass is 291 g/mol. The maximum atomic E-state index is 12.5. The number of carbonyl (C=O) groups excluding carboxylic acids is 1.